The quantitative estimate of drug-likeness (QED) is 0.444. The molecule has 0 aliphatic rings. The summed E-state index contributed by atoms with van der Waals surface area (Å²) in [5, 5.41) is 11.6. The standard InChI is InChI=1S/C26H38O3SSi/c1-19(2)18-23(30(28)22-16-14-20(3)15-17-22)24(27)25(21-12-10-9-11-13-21)29-31(7,8)26(4,5)6/h9-19,24-25,27H,1-8H3/b23-18+/t24-,25+,30-/m1/s1. The second-order valence-corrected chi connectivity index (χ2v) is 16.3. The van der Waals surface area contributed by atoms with Crippen LogP contribution in [-0.2, 0) is 15.2 Å². The molecule has 0 aromatic heterocycles. The highest BCUT2D eigenvalue weighted by Gasteiger charge is 2.42. The molecule has 0 radical (unpaired) electrons. The molecule has 0 amide bonds. The Hall–Kier alpha value is -1.53. The first kappa shape index (κ1) is 25.7. The van der Waals surface area contributed by atoms with Crippen molar-refractivity contribution in [3.8, 4) is 0 Å². The Kier molecular flexibility index (Phi) is 8.62. The molecule has 2 rings (SSSR count). The molecule has 2 aromatic carbocycles. The predicted octanol–water partition coefficient (Wildman–Crippen LogP) is 6.77. The van der Waals surface area contributed by atoms with Gasteiger partial charge in [-0.1, -0.05) is 88.7 Å². The van der Waals surface area contributed by atoms with Gasteiger partial charge in [0, 0.05) is 9.80 Å². The number of allylic oxidation sites excluding steroid dienone is 1. The van der Waals surface area contributed by atoms with E-state index in [2.05, 4.69) is 33.9 Å². The number of rotatable bonds is 8. The van der Waals surface area contributed by atoms with Crippen LogP contribution in [0.15, 0.2) is 70.5 Å². The SMILES string of the molecule is Cc1ccc([S@@](=O)/C(=C/C(C)C)[C@@H](O)[C@@H](O[Si](C)(C)C(C)(C)C)c2ccccc2)cc1. The smallest absolute Gasteiger partial charge is 0.193 e. The minimum absolute atomic E-state index is 0.0161. The van der Waals surface area contributed by atoms with Gasteiger partial charge in [-0.05, 0) is 48.7 Å². The van der Waals surface area contributed by atoms with E-state index in [0.717, 1.165) is 11.1 Å². The molecule has 0 unspecified atom stereocenters. The number of benzene rings is 2. The maximum Gasteiger partial charge on any atom is 0.193 e. The Bertz CT molecular complexity index is 896. The number of aliphatic hydroxyl groups excluding tert-OH is 1. The summed E-state index contributed by atoms with van der Waals surface area (Å²) in [6.45, 7) is 17.0. The van der Waals surface area contributed by atoms with Crippen molar-refractivity contribution >= 4 is 19.1 Å². The van der Waals surface area contributed by atoms with E-state index >= 15 is 0 Å². The molecular formula is C26H38O3SSi. The Labute approximate surface area is 192 Å². The van der Waals surface area contributed by atoms with Crippen molar-refractivity contribution in [2.75, 3.05) is 0 Å². The molecule has 0 saturated carbocycles. The van der Waals surface area contributed by atoms with Gasteiger partial charge in [-0.25, -0.2) is 4.21 Å². The van der Waals surface area contributed by atoms with Gasteiger partial charge in [0.2, 0.25) is 0 Å². The Balaban J connectivity index is 2.53. The molecule has 3 atom stereocenters. The molecule has 0 bridgehead atoms. The first-order valence-electron chi connectivity index (χ1n) is 10.9. The summed E-state index contributed by atoms with van der Waals surface area (Å²) in [4.78, 5) is 1.20. The summed E-state index contributed by atoms with van der Waals surface area (Å²) in [5.41, 5.74) is 2.01. The lowest BCUT2D eigenvalue weighted by Gasteiger charge is -2.41. The molecule has 170 valence electrons. The topological polar surface area (TPSA) is 46.5 Å². The Morgan fingerprint density at radius 3 is 2.06 bits per heavy atom. The van der Waals surface area contributed by atoms with Gasteiger partial charge < -0.3 is 9.53 Å². The highest BCUT2D eigenvalue weighted by atomic mass is 32.2. The molecule has 0 heterocycles. The minimum Gasteiger partial charge on any atom is -0.407 e. The summed E-state index contributed by atoms with van der Waals surface area (Å²) in [5.74, 6) is 0.142. The van der Waals surface area contributed by atoms with Gasteiger partial charge in [-0.3, -0.25) is 0 Å². The largest absolute Gasteiger partial charge is 0.407 e. The molecule has 0 fully saturated rings. The van der Waals surface area contributed by atoms with Gasteiger partial charge in [-0.15, -0.1) is 0 Å². The van der Waals surface area contributed by atoms with E-state index in [-0.39, 0.29) is 11.0 Å². The van der Waals surface area contributed by atoms with Crippen LogP contribution >= 0.6 is 0 Å². The number of aliphatic hydroxyl groups is 1. The van der Waals surface area contributed by atoms with Crippen LogP contribution in [0.5, 0.6) is 0 Å². The zero-order valence-corrected chi connectivity index (χ0v) is 22.0. The van der Waals surface area contributed by atoms with Crippen molar-refractivity contribution in [3.05, 3.63) is 76.7 Å². The Morgan fingerprint density at radius 2 is 1.58 bits per heavy atom. The van der Waals surface area contributed by atoms with Crippen LogP contribution in [-0.4, -0.2) is 23.7 Å². The first-order chi connectivity index (χ1) is 14.3. The summed E-state index contributed by atoms with van der Waals surface area (Å²) in [7, 11) is -3.68. The second-order valence-electron chi connectivity index (χ2n) is 10.0. The molecule has 31 heavy (non-hydrogen) atoms. The fourth-order valence-electron chi connectivity index (χ4n) is 3.00. The third-order valence-electron chi connectivity index (χ3n) is 5.88. The van der Waals surface area contributed by atoms with Crippen LogP contribution in [0.2, 0.25) is 18.1 Å². The number of hydrogen-bond acceptors (Lipinski definition) is 3. The minimum atomic E-state index is -2.21. The summed E-state index contributed by atoms with van der Waals surface area (Å²) in [6.07, 6.45) is 0.327. The van der Waals surface area contributed by atoms with E-state index in [4.69, 9.17) is 4.43 Å². The molecule has 0 aliphatic heterocycles. The van der Waals surface area contributed by atoms with Crippen molar-refractivity contribution in [1.29, 1.82) is 0 Å². The molecule has 5 heteroatoms. The van der Waals surface area contributed by atoms with Crippen LogP contribution in [0.4, 0.5) is 0 Å². The monoisotopic (exact) mass is 458 g/mol. The van der Waals surface area contributed by atoms with Crippen LogP contribution < -0.4 is 0 Å². The molecule has 0 spiro atoms. The molecule has 1 N–H and O–H groups in total. The van der Waals surface area contributed by atoms with Gasteiger partial charge >= 0.3 is 0 Å². The molecule has 0 aliphatic carbocycles. The summed E-state index contributed by atoms with van der Waals surface area (Å²) < 4.78 is 20.3. The van der Waals surface area contributed by atoms with E-state index < -0.39 is 31.3 Å². The van der Waals surface area contributed by atoms with E-state index in [1.165, 1.54) is 0 Å². The maximum atomic E-state index is 13.6. The predicted molar refractivity (Wildman–Crippen MR) is 134 cm³/mol. The lowest BCUT2D eigenvalue weighted by molar-refractivity contribution is 0.0534. The van der Waals surface area contributed by atoms with Crippen LogP contribution in [0.3, 0.4) is 0 Å². The summed E-state index contributed by atoms with van der Waals surface area (Å²) in [6, 6.07) is 17.5. The van der Waals surface area contributed by atoms with E-state index in [1.54, 1.807) is 0 Å². The van der Waals surface area contributed by atoms with Gasteiger partial charge in [0.25, 0.3) is 0 Å². The Morgan fingerprint density at radius 1 is 1.03 bits per heavy atom. The summed E-state index contributed by atoms with van der Waals surface area (Å²) >= 11 is 0. The zero-order valence-electron chi connectivity index (χ0n) is 20.2. The average molecular weight is 459 g/mol. The fourth-order valence-corrected chi connectivity index (χ4v) is 5.64. The van der Waals surface area contributed by atoms with Crippen molar-refractivity contribution < 1.29 is 13.7 Å². The van der Waals surface area contributed by atoms with Gasteiger partial charge in [-0.2, -0.15) is 0 Å². The third-order valence-corrected chi connectivity index (χ3v) is 11.8. The number of aryl methyl sites for hydroxylation is 1. The van der Waals surface area contributed by atoms with Gasteiger partial charge in [0.05, 0.1) is 10.8 Å². The van der Waals surface area contributed by atoms with Crippen molar-refractivity contribution in [2.24, 2.45) is 5.92 Å². The van der Waals surface area contributed by atoms with E-state index in [1.807, 2.05) is 81.4 Å². The fraction of sp³-hybridized carbons (Fsp3) is 0.462. The number of hydrogen-bond donors (Lipinski definition) is 1. The molecule has 0 saturated heterocycles. The zero-order chi connectivity index (χ0) is 23.4. The van der Waals surface area contributed by atoms with E-state index in [9.17, 15) is 9.32 Å². The van der Waals surface area contributed by atoms with Gasteiger partial charge in [0.15, 0.2) is 8.32 Å². The molecule has 3 nitrogen and oxygen atoms in total. The molecular weight excluding hydrogens is 420 g/mol. The molecule has 2 aromatic rings. The highest BCUT2D eigenvalue weighted by Crippen LogP contribution is 2.42. The normalized spacial score (nSPS) is 16.3. The van der Waals surface area contributed by atoms with Gasteiger partial charge in [0.1, 0.15) is 12.2 Å². The lowest BCUT2D eigenvalue weighted by Crippen LogP contribution is -2.44. The van der Waals surface area contributed by atoms with Crippen LogP contribution in [0, 0.1) is 12.8 Å². The van der Waals surface area contributed by atoms with Crippen LogP contribution in [0.25, 0.3) is 0 Å². The first-order valence-corrected chi connectivity index (χ1v) is 15.0. The van der Waals surface area contributed by atoms with E-state index in [0.29, 0.717) is 9.80 Å². The average Bonchev–Trinajstić information content (AvgIpc) is 2.69. The van der Waals surface area contributed by atoms with Crippen molar-refractivity contribution in [3.63, 3.8) is 0 Å². The van der Waals surface area contributed by atoms with Crippen molar-refractivity contribution in [1.82, 2.24) is 0 Å². The maximum absolute atomic E-state index is 13.6. The third kappa shape index (κ3) is 6.72. The highest BCUT2D eigenvalue weighted by molar-refractivity contribution is 7.89. The van der Waals surface area contributed by atoms with Crippen molar-refractivity contribution in [2.45, 2.75) is 76.8 Å². The van der Waals surface area contributed by atoms with Crippen LogP contribution in [0.1, 0.15) is 51.8 Å². The lowest BCUT2D eigenvalue weighted by atomic mass is 10.0. The second kappa shape index (κ2) is 10.4.